The first-order valence-corrected chi connectivity index (χ1v) is 11.9. The smallest absolute Gasteiger partial charge is 0.414 e. The number of halogens is 3. The summed E-state index contributed by atoms with van der Waals surface area (Å²) in [7, 11) is 1.21. The number of benzene rings is 2. The van der Waals surface area contributed by atoms with E-state index in [1.54, 1.807) is 42.5 Å². The number of anilines is 3. The van der Waals surface area contributed by atoms with E-state index in [1.807, 2.05) is 0 Å². The molecule has 0 atom stereocenters. The summed E-state index contributed by atoms with van der Waals surface area (Å²) < 4.78 is 34.7. The molecule has 3 aromatic heterocycles. The number of hydrogen-bond donors (Lipinski definition) is 2. The van der Waals surface area contributed by atoms with Gasteiger partial charge in [0, 0.05) is 17.5 Å². The number of pyridine rings is 1. The molecule has 0 unspecified atom stereocenters. The number of hydrogen-bond acceptors (Lipinski definition) is 8. The number of carbonyl (C=O) groups is 1. The van der Waals surface area contributed by atoms with E-state index >= 15 is 0 Å². The normalized spacial score (nSPS) is 11.1. The molecule has 5 rings (SSSR count). The van der Waals surface area contributed by atoms with Gasteiger partial charge in [0.1, 0.15) is 22.8 Å². The van der Waals surface area contributed by atoms with Crippen LogP contribution >= 0.6 is 11.6 Å². The maximum Gasteiger partial charge on any atom is 0.414 e. The second kappa shape index (κ2) is 10.5. The van der Waals surface area contributed by atoms with Crippen LogP contribution in [0.1, 0.15) is 16.8 Å². The van der Waals surface area contributed by atoms with Crippen molar-refractivity contribution in [1.29, 1.82) is 0 Å². The fourth-order valence-corrected chi connectivity index (χ4v) is 4.35. The Kier molecular flexibility index (Phi) is 6.94. The fraction of sp³-hybridized carbons (Fsp3) is 0.115. The number of nitrogens with zero attached hydrogens (tertiary/aromatic N) is 6. The molecule has 13 heteroatoms. The molecule has 0 aliphatic heterocycles. The van der Waals surface area contributed by atoms with Crippen molar-refractivity contribution in [3.8, 4) is 5.95 Å². The lowest BCUT2D eigenvalue weighted by Crippen LogP contribution is -2.32. The van der Waals surface area contributed by atoms with Crippen molar-refractivity contribution in [2.24, 2.45) is 0 Å². The highest BCUT2D eigenvalue weighted by atomic mass is 35.5. The van der Waals surface area contributed by atoms with Gasteiger partial charge in [-0.15, -0.1) is 0 Å². The van der Waals surface area contributed by atoms with Gasteiger partial charge in [-0.05, 0) is 29.3 Å². The molecular formula is C26H21ClF2N8O2. The third-order valence-electron chi connectivity index (χ3n) is 5.88. The van der Waals surface area contributed by atoms with Crippen LogP contribution in [-0.4, -0.2) is 37.9 Å². The van der Waals surface area contributed by atoms with Gasteiger partial charge >= 0.3 is 6.09 Å². The zero-order valence-corrected chi connectivity index (χ0v) is 21.2. The third kappa shape index (κ3) is 5.14. The molecule has 0 bridgehead atoms. The molecule has 1 amide bonds. The first-order valence-electron chi connectivity index (χ1n) is 11.5. The molecule has 0 aliphatic rings. The number of fused-ring (bicyclic) bond motifs is 1. The van der Waals surface area contributed by atoms with Crippen LogP contribution in [0.2, 0.25) is 5.02 Å². The van der Waals surface area contributed by atoms with Crippen LogP contribution in [-0.2, 0) is 17.7 Å². The van der Waals surface area contributed by atoms with Crippen LogP contribution in [0, 0.1) is 11.6 Å². The predicted molar refractivity (Wildman–Crippen MR) is 142 cm³/mol. The highest BCUT2D eigenvalue weighted by molar-refractivity contribution is 6.30. The Morgan fingerprint density at radius 2 is 1.82 bits per heavy atom. The number of aromatic nitrogens is 5. The van der Waals surface area contributed by atoms with Gasteiger partial charge in [-0.1, -0.05) is 41.9 Å². The highest BCUT2D eigenvalue weighted by Crippen LogP contribution is 2.32. The summed E-state index contributed by atoms with van der Waals surface area (Å²) in [5.41, 5.74) is 14.5. The average molecular weight is 551 g/mol. The van der Waals surface area contributed by atoms with Gasteiger partial charge in [-0.2, -0.15) is 19.7 Å². The van der Waals surface area contributed by atoms with Crippen LogP contribution < -0.4 is 16.4 Å². The summed E-state index contributed by atoms with van der Waals surface area (Å²) in [4.78, 5) is 26.6. The maximum atomic E-state index is 14.3. The van der Waals surface area contributed by atoms with E-state index in [0.717, 1.165) is 6.20 Å². The number of methoxy groups -OCH3 is 1. The molecule has 39 heavy (non-hydrogen) atoms. The molecule has 4 N–H and O–H groups in total. The molecule has 2 aromatic carbocycles. The van der Waals surface area contributed by atoms with E-state index < -0.39 is 17.7 Å². The summed E-state index contributed by atoms with van der Waals surface area (Å²) in [5, 5.41) is 4.96. The second-order valence-corrected chi connectivity index (χ2v) is 8.91. The summed E-state index contributed by atoms with van der Waals surface area (Å²) in [5.74, 6) is -1.46. The molecule has 3 heterocycles. The van der Waals surface area contributed by atoms with Crippen molar-refractivity contribution in [2.75, 3.05) is 23.5 Å². The molecule has 0 saturated heterocycles. The van der Waals surface area contributed by atoms with Crippen LogP contribution in [0.4, 0.5) is 30.9 Å². The Labute approximate surface area is 225 Å². The lowest BCUT2D eigenvalue weighted by Gasteiger charge is -2.23. The Bertz CT molecular complexity index is 1690. The largest absolute Gasteiger partial charge is 0.452 e. The van der Waals surface area contributed by atoms with Crippen LogP contribution in [0.15, 0.2) is 60.8 Å². The van der Waals surface area contributed by atoms with E-state index in [0.29, 0.717) is 27.4 Å². The van der Waals surface area contributed by atoms with E-state index in [2.05, 4.69) is 20.1 Å². The summed E-state index contributed by atoms with van der Waals surface area (Å²) in [6.45, 7) is 0.0109. The van der Waals surface area contributed by atoms with Crippen molar-refractivity contribution in [2.45, 2.75) is 13.0 Å². The molecule has 0 saturated carbocycles. The van der Waals surface area contributed by atoms with E-state index in [1.165, 1.54) is 28.8 Å². The Balaban J connectivity index is 1.59. The van der Waals surface area contributed by atoms with Gasteiger partial charge < -0.3 is 16.2 Å². The molecule has 5 aromatic rings. The quantitative estimate of drug-likeness (QED) is 0.311. The van der Waals surface area contributed by atoms with Crippen LogP contribution in [0.3, 0.4) is 0 Å². The standard InChI is InChI=1S/C26H21ClF2N8O2/c1-39-26(38)36(13-14-5-4-7-16(27)9-14)22-23(30)33-25(34-24(22)31)37-20-11-17(28)12-32-21(20)19(35-37)10-15-6-2-3-8-18(15)29/h2-9,11-12H,10,13H2,1H3,(H4,30,31,33,34). The minimum atomic E-state index is -0.757. The summed E-state index contributed by atoms with van der Waals surface area (Å²) in [6, 6.07) is 14.3. The van der Waals surface area contributed by atoms with Gasteiger partial charge in [-0.25, -0.2) is 18.6 Å². The Morgan fingerprint density at radius 3 is 2.51 bits per heavy atom. The lowest BCUT2D eigenvalue weighted by atomic mass is 10.1. The minimum absolute atomic E-state index is 0.0109. The van der Waals surface area contributed by atoms with E-state index in [9.17, 15) is 13.6 Å². The van der Waals surface area contributed by atoms with Gasteiger partial charge in [0.2, 0.25) is 0 Å². The predicted octanol–water partition coefficient (Wildman–Crippen LogP) is 4.67. The topological polar surface area (TPSA) is 138 Å². The minimum Gasteiger partial charge on any atom is -0.452 e. The first kappa shape index (κ1) is 25.8. The Morgan fingerprint density at radius 1 is 1.08 bits per heavy atom. The average Bonchev–Trinajstić information content (AvgIpc) is 3.25. The third-order valence-corrected chi connectivity index (χ3v) is 6.12. The van der Waals surface area contributed by atoms with Crippen molar-refractivity contribution in [3.05, 3.63) is 94.3 Å². The molecule has 0 fully saturated rings. The van der Waals surface area contributed by atoms with Crippen molar-refractivity contribution in [3.63, 3.8) is 0 Å². The highest BCUT2D eigenvalue weighted by Gasteiger charge is 2.26. The van der Waals surface area contributed by atoms with Gasteiger partial charge in [0.25, 0.3) is 5.95 Å². The fourth-order valence-electron chi connectivity index (χ4n) is 4.14. The molecule has 0 radical (unpaired) electrons. The van der Waals surface area contributed by atoms with Crippen molar-refractivity contribution in [1.82, 2.24) is 24.7 Å². The SMILES string of the molecule is COC(=O)N(Cc1cccc(Cl)c1)c1c(N)nc(-n2nc(Cc3ccccc3F)c3ncc(F)cc32)nc1N. The van der Waals surface area contributed by atoms with E-state index in [-0.39, 0.29) is 41.8 Å². The number of rotatable bonds is 6. The molecule has 198 valence electrons. The number of carbonyl (C=O) groups excluding carboxylic acids is 1. The Hall–Kier alpha value is -4.84. The lowest BCUT2D eigenvalue weighted by molar-refractivity contribution is 0.178. The van der Waals surface area contributed by atoms with Crippen LogP contribution in [0.5, 0.6) is 0 Å². The maximum absolute atomic E-state index is 14.3. The summed E-state index contributed by atoms with van der Waals surface area (Å²) >= 11 is 6.09. The summed E-state index contributed by atoms with van der Waals surface area (Å²) in [6.07, 6.45) is 0.358. The van der Waals surface area contributed by atoms with Crippen molar-refractivity contribution >= 4 is 46.1 Å². The van der Waals surface area contributed by atoms with Gasteiger partial charge in [0.15, 0.2) is 11.6 Å². The van der Waals surface area contributed by atoms with Crippen molar-refractivity contribution < 1.29 is 18.3 Å². The zero-order chi connectivity index (χ0) is 27.7. The number of amides is 1. The molecule has 0 spiro atoms. The van der Waals surface area contributed by atoms with Gasteiger partial charge in [-0.3, -0.25) is 4.90 Å². The number of nitrogen functional groups attached to an aromatic ring is 2. The number of nitrogens with two attached hydrogens (primary N) is 2. The number of ether oxygens (including phenoxy) is 1. The molecule has 0 aliphatic carbocycles. The monoisotopic (exact) mass is 550 g/mol. The first-order chi connectivity index (χ1) is 18.7. The molecular weight excluding hydrogens is 530 g/mol. The second-order valence-electron chi connectivity index (χ2n) is 8.48. The van der Waals surface area contributed by atoms with Gasteiger partial charge in [0.05, 0.1) is 31.1 Å². The van der Waals surface area contributed by atoms with E-state index in [4.69, 9.17) is 27.8 Å². The zero-order valence-electron chi connectivity index (χ0n) is 20.5. The molecule has 10 nitrogen and oxygen atoms in total. The van der Waals surface area contributed by atoms with Crippen LogP contribution in [0.25, 0.3) is 17.0 Å².